The molecule has 0 aliphatic rings. The van der Waals surface area contributed by atoms with Crippen LogP contribution in [0.1, 0.15) is 12.0 Å². The molecule has 0 aromatic heterocycles. The van der Waals surface area contributed by atoms with E-state index < -0.39 is 0 Å². The lowest BCUT2D eigenvalue weighted by Crippen LogP contribution is -2.26. The average molecular weight is 222 g/mol. The molecule has 1 aromatic carbocycles. The second kappa shape index (κ2) is 6.12. The number of nitrogens with one attached hydrogen (secondary N) is 1. The van der Waals surface area contributed by atoms with Gasteiger partial charge >= 0.3 is 0 Å². The highest BCUT2D eigenvalue weighted by molar-refractivity contribution is 5.76. The highest BCUT2D eigenvalue weighted by atomic mass is 16.3. The summed E-state index contributed by atoms with van der Waals surface area (Å²) in [4.78, 5) is 13.4. The highest BCUT2D eigenvalue weighted by Gasteiger charge is 2.04. The number of rotatable bonds is 5. The molecule has 16 heavy (non-hydrogen) atoms. The Morgan fingerprint density at radius 2 is 2.06 bits per heavy atom. The number of hydrogen-bond donors (Lipinski definition) is 2. The van der Waals surface area contributed by atoms with Gasteiger partial charge < -0.3 is 15.3 Å². The summed E-state index contributed by atoms with van der Waals surface area (Å²) in [5.41, 5.74) is 0.737. The van der Waals surface area contributed by atoms with Gasteiger partial charge in [-0.3, -0.25) is 4.79 Å². The number of carbonyl (C=O) groups is 1. The number of benzene rings is 1. The molecule has 0 unspecified atom stereocenters. The van der Waals surface area contributed by atoms with Crippen LogP contribution in [0.4, 0.5) is 0 Å². The third kappa shape index (κ3) is 4.31. The fraction of sp³-hybridized carbons (Fsp3) is 0.417. The van der Waals surface area contributed by atoms with E-state index in [1.165, 1.54) is 0 Å². The van der Waals surface area contributed by atoms with E-state index in [-0.39, 0.29) is 11.7 Å². The van der Waals surface area contributed by atoms with Crippen LogP contribution < -0.4 is 5.32 Å². The van der Waals surface area contributed by atoms with Crippen LogP contribution in [0.25, 0.3) is 0 Å². The van der Waals surface area contributed by atoms with Gasteiger partial charge in [0.15, 0.2) is 0 Å². The predicted molar refractivity (Wildman–Crippen MR) is 63.1 cm³/mol. The van der Waals surface area contributed by atoms with E-state index in [4.69, 9.17) is 0 Å². The summed E-state index contributed by atoms with van der Waals surface area (Å²) < 4.78 is 0. The molecule has 0 fully saturated rings. The first-order valence-electron chi connectivity index (χ1n) is 5.28. The SMILES string of the molecule is CN(C)CCC(=O)NCc1ccccc1O. The van der Waals surface area contributed by atoms with Crippen molar-refractivity contribution < 1.29 is 9.90 Å². The molecule has 88 valence electrons. The number of hydrogen-bond acceptors (Lipinski definition) is 3. The summed E-state index contributed by atoms with van der Waals surface area (Å²) in [7, 11) is 3.85. The lowest BCUT2D eigenvalue weighted by Gasteiger charge is -2.10. The van der Waals surface area contributed by atoms with Crippen molar-refractivity contribution >= 4 is 5.91 Å². The quantitative estimate of drug-likeness (QED) is 0.780. The molecule has 0 bridgehead atoms. The van der Waals surface area contributed by atoms with Crippen molar-refractivity contribution in [1.29, 1.82) is 0 Å². The summed E-state index contributed by atoms with van der Waals surface area (Å²) >= 11 is 0. The number of nitrogens with zero attached hydrogens (tertiary/aromatic N) is 1. The standard InChI is InChI=1S/C12H18N2O2/c1-14(2)8-7-12(16)13-9-10-5-3-4-6-11(10)15/h3-6,15H,7-9H2,1-2H3,(H,13,16). The summed E-state index contributed by atoms with van der Waals surface area (Å²) in [6.45, 7) is 1.10. The van der Waals surface area contributed by atoms with Crippen molar-refractivity contribution in [3.63, 3.8) is 0 Å². The van der Waals surface area contributed by atoms with Crippen LogP contribution in [0.3, 0.4) is 0 Å². The first-order chi connectivity index (χ1) is 7.59. The Morgan fingerprint density at radius 3 is 2.69 bits per heavy atom. The normalized spacial score (nSPS) is 10.4. The smallest absolute Gasteiger partial charge is 0.221 e. The van der Waals surface area contributed by atoms with E-state index in [0.29, 0.717) is 13.0 Å². The molecule has 0 spiro atoms. The van der Waals surface area contributed by atoms with Gasteiger partial charge in [0.25, 0.3) is 0 Å². The Morgan fingerprint density at radius 1 is 1.38 bits per heavy atom. The number of para-hydroxylation sites is 1. The van der Waals surface area contributed by atoms with E-state index in [9.17, 15) is 9.90 Å². The van der Waals surface area contributed by atoms with Gasteiger partial charge in [0.2, 0.25) is 5.91 Å². The maximum absolute atomic E-state index is 11.4. The van der Waals surface area contributed by atoms with Crippen LogP contribution in [0.2, 0.25) is 0 Å². The minimum absolute atomic E-state index is 0.00282. The van der Waals surface area contributed by atoms with Crippen LogP contribution in [0.5, 0.6) is 5.75 Å². The minimum Gasteiger partial charge on any atom is -0.508 e. The lowest BCUT2D eigenvalue weighted by atomic mass is 10.2. The summed E-state index contributed by atoms with van der Waals surface area (Å²) in [6.07, 6.45) is 0.473. The van der Waals surface area contributed by atoms with Crippen molar-refractivity contribution in [1.82, 2.24) is 10.2 Å². The fourth-order valence-electron chi connectivity index (χ4n) is 1.27. The molecule has 0 atom stereocenters. The number of phenols is 1. The van der Waals surface area contributed by atoms with E-state index >= 15 is 0 Å². The number of amides is 1. The molecule has 0 heterocycles. The molecule has 1 rings (SSSR count). The second-order valence-electron chi connectivity index (χ2n) is 3.96. The maximum Gasteiger partial charge on any atom is 0.221 e. The molecule has 0 aliphatic heterocycles. The maximum atomic E-state index is 11.4. The third-order valence-corrected chi connectivity index (χ3v) is 2.25. The molecule has 0 saturated heterocycles. The van der Waals surface area contributed by atoms with E-state index in [2.05, 4.69) is 5.32 Å². The Hall–Kier alpha value is -1.55. The molecule has 0 radical (unpaired) electrons. The minimum atomic E-state index is -0.00282. The van der Waals surface area contributed by atoms with Crippen LogP contribution in [-0.2, 0) is 11.3 Å². The number of aromatic hydroxyl groups is 1. The molecule has 1 amide bonds. The van der Waals surface area contributed by atoms with E-state index in [1.807, 2.05) is 25.1 Å². The Bertz CT molecular complexity index is 351. The Kier molecular flexibility index (Phi) is 4.79. The van der Waals surface area contributed by atoms with Gasteiger partial charge in [-0.2, -0.15) is 0 Å². The van der Waals surface area contributed by atoms with Crippen LogP contribution in [0, 0.1) is 0 Å². The Balaban J connectivity index is 2.35. The van der Waals surface area contributed by atoms with Gasteiger partial charge in [0.05, 0.1) is 0 Å². The molecule has 0 aliphatic carbocycles. The monoisotopic (exact) mass is 222 g/mol. The summed E-state index contributed by atoms with van der Waals surface area (Å²) in [5, 5.41) is 12.3. The second-order valence-corrected chi connectivity index (χ2v) is 3.96. The highest BCUT2D eigenvalue weighted by Crippen LogP contribution is 2.14. The van der Waals surface area contributed by atoms with Crippen molar-refractivity contribution in [2.45, 2.75) is 13.0 Å². The topological polar surface area (TPSA) is 52.6 Å². The average Bonchev–Trinajstić information content (AvgIpc) is 2.25. The first-order valence-corrected chi connectivity index (χ1v) is 5.28. The van der Waals surface area contributed by atoms with E-state index in [0.717, 1.165) is 12.1 Å². The predicted octanol–water partition coefficient (Wildman–Crippen LogP) is 0.960. The molecule has 2 N–H and O–H groups in total. The molecule has 1 aromatic rings. The van der Waals surface area contributed by atoms with Crippen LogP contribution >= 0.6 is 0 Å². The third-order valence-electron chi connectivity index (χ3n) is 2.25. The van der Waals surface area contributed by atoms with Gasteiger partial charge in [-0.25, -0.2) is 0 Å². The first kappa shape index (κ1) is 12.5. The zero-order chi connectivity index (χ0) is 12.0. The van der Waals surface area contributed by atoms with Gasteiger partial charge in [-0.1, -0.05) is 18.2 Å². The van der Waals surface area contributed by atoms with Crippen LogP contribution in [0.15, 0.2) is 24.3 Å². The van der Waals surface area contributed by atoms with Gasteiger partial charge in [0.1, 0.15) is 5.75 Å². The van der Waals surface area contributed by atoms with Crippen molar-refractivity contribution in [3.05, 3.63) is 29.8 Å². The number of carbonyl (C=O) groups excluding carboxylic acids is 1. The van der Waals surface area contributed by atoms with Gasteiger partial charge in [0, 0.05) is 25.1 Å². The largest absolute Gasteiger partial charge is 0.508 e. The van der Waals surface area contributed by atoms with E-state index in [1.54, 1.807) is 18.2 Å². The van der Waals surface area contributed by atoms with Crippen LogP contribution in [-0.4, -0.2) is 36.6 Å². The van der Waals surface area contributed by atoms with Crippen molar-refractivity contribution in [2.24, 2.45) is 0 Å². The van der Waals surface area contributed by atoms with Gasteiger partial charge in [-0.15, -0.1) is 0 Å². The summed E-state index contributed by atoms with van der Waals surface area (Å²) in [6, 6.07) is 7.00. The van der Waals surface area contributed by atoms with Gasteiger partial charge in [-0.05, 0) is 20.2 Å². The van der Waals surface area contributed by atoms with Crippen molar-refractivity contribution in [2.75, 3.05) is 20.6 Å². The lowest BCUT2D eigenvalue weighted by molar-refractivity contribution is -0.121. The zero-order valence-electron chi connectivity index (χ0n) is 9.73. The molecular weight excluding hydrogens is 204 g/mol. The number of phenolic OH excluding ortho intramolecular Hbond substituents is 1. The van der Waals surface area contributed by atoms with Crippen molar-refractivity contribution in [3.8, 4) is 5.75 Å². The molecule has 0 saturated carbocycles. The zero-order valence-corrected chi connectivity index (χ0v) is 9.73. The molecule has 4 nitrogen and oxygen atoms in total. The summed E-state index contributed by atoms with van der Waals surface area (Å²) in [5.74, 6) is 0.215. The Labute approximate surface area is 95.9 Å². The molecular formula is C12H18N2O2. The molecule has 4 heteroatoms. The fourth-order valence-corrected chi connectivity index (χ4v) is 1.27.